The van der Waals surface area contributed by atoms with Gasteiger partial charge in [0.1, 0.15) is 11.6 Å². The molecule has 35 heavy (non-hydrogen) atoms. The van der Waals surface area contributed by atoms with E-state index in [2.05, 4.69) is 37.8 Å². The molecule has 1 aliphatic heterocycles. The van der Waals surface area contributed by atoms with E-state index in [1.54, 1.807) is 4.57 Å². The predicted octanol–water partition coefficient (Wildman–Crippen LogP) is 6.70. The highest BCUT2D eigenvalue weighted by Gasteiger charge is 2.23. The van der Waals surface area contributed by atoms with Crippen molar-refractivity contribution >= 4 is 22.3 Å². The Labute approximate surface area is 205 Å². The summed E-state index contributed by atoms with van der Waals surface area (Å²) >= 11 is 0. The number of aromatic nitrogens is 1. The number of aromatic hydroxyl groups is 1. The molecule has 2 heterocycles. The normalized spacial score (nSPS) is 13.3. The first-order valence-electron chi connectivity index (χ1n) is 12.2. The second kappa shape index (κ2) is 10.6. The van der Waals surface area contributed by atoms with Crippen LogP contribution in [0.15, 0.2) is 35.5 Å². The van der Waals surface area contributed by atoms with Gasteiger partial charge in [-0.15, -0.1) is 4.91 Å². The van der Waals surface area contributed by atoms with E-state index >= 15 is 0 Å². The average Bonchev–Trinajstić information content (AvgIpc) is 3.08. The second-order valence-electron chi connectivity index (χ2n) is 10.1. The number of benzene rings is 2. The van der Waals surface area contributed by atoms with Crippen LogP contribution in [0, 0.1) is 22.6 Å². The summed E-state index contributed by atoms with van der Waals surface area (Å²) in [6, 6.07) is 8.61. The molecule has 8 heteroatoms. The first-order valence-corrected chi connectivity index (χ1v) is 12.2. The van der Waals surface area contributed by atoms with E-state index in [9.17, 15) is 14.4 Å². The van der Waals surface area contributed by atoms with E-state index in [0.29, 0.717) is 39.6 Å². The number of rotatable bonds is 10. The molecule has 3 aromatic rings. The Morgan fingerprint density at radius 3 is 2.49 bits per heavy atom. The standard InChI is InChI=1S/C27H34FN3O4/c1-17(2)7-9-30(10-8-18(3)4)22-5-6-24-23(13-22)25(29-33)27(32)31(24)14-19-11-21(28)12-20-15-34-16-35-26(19)20/h5-6,11-13,17-18,32H,7-10,14-16H2,1-4H3. The van der Waals surface area contributed by atoms with Crippen LogP contribution < -0.4 is 9.64 Å². The van der Waals surface area contributed by atoms with Crippen LogP contribution in [-0.2, 0) is 17.9 Å². The molecular formula is C27H34FN3O4. The maximum atomic E-state index is 14.3. The highest BCUT2D eigenvalue weighted by atomic mass is 19.1. The van der Waals surface area contributed by atoms with Gasteiger partial charge in [-0.3, -0.25) is 0 Å². The summed E-state index contributed by atoms with van der Waals surface area (Å²) in [4.78, 5) is 14.1. The van der Waals surface area contributed by atoms with E-state index in [4.69, 9.17) is 9.47 Å². The third kappa shape index (κ3) is 5.42. The van der Waals surface area contributed by atoms with Gasteiger partial charge in [0.15, 0.2) is 12.5 Å². The third-order valence-electron chi connectivity index (χ3n) is 6.48. The van der Waals surface area contributed by atoms with Crippen molar-refractivity contribution in [1.82, 2.24) is 4.57 Å². The van der Waals surface area contributed by atoms with Crippen molar-refractivity contribution in [3.63, 3.8) is 0 Å². The number of nitroso groups, excluding NO2 is 1. The van der Waals surface area contributed by atoms with Gasteiger partial charge in [-0.05, 0) is 60.2 Å². The number of nitrogens with zero attached hydrogens (tertiary/aromatic N) is 3. The van der Waals surface area contributed by atoms with Crippen LogP contribution in [0.2, 0.25) is 0 Å². The lowest BCUT2D eigenvalue weighted by Gasteiger charge is -2.27. The lowest BCUT2D eigenvalue weighted by molar-refractivity contribution is -0.0173. The molecule has 0 spiro atoms. The van der Waals surface area contributed by atoms with Crippen molar-refractivity contribution in [3.8, 4) is 11.6 Å². The Bertz CT molecular complexity index is 1190. The molecule has 4 rings (SSSR count). The third-order valence-corrected chi connectivity index (χ3v) is 6.48. The van der Waals surface area contributed by atoms with Crippen LogP contribution in [0.5, 0.6) is 11.6 Å². The second-order valence-corrected chi connectivity index (χ2v) is 10.1. The van der Waals surface area contributed by atoms with Crippen molar-refractivity contribution in [1.29, 1.82) is 0 Å². The van der Waals surface area contributed by atoms with Gasteiger partial charge >= 0.3 is 0 Å². The van der Waals surface area contributed by atoms with Crippen molar-refractivity contribution < 1.29 is 19.0 Å². The minimum absolute atomic E-state index is 0.0101. The topological polar surface area (TPSA) is 76.3 Å². The Morgan fingerprint density at radius 1 is 1.11 bits per heavy atom. The smallest absolute Gasteiger partial charge is 0.222 e. The van der Waals surface area contributed by atoms with Crippen LogP contribution in [0.1, 0.15) is 51.7 Å². The quantitative estimate of drug-likeness (QED) is 0.325. The summed E-state index contributed by atoms with van der Waals surface area (Å²) < 4.78 is 26.8. The fourth-order valence-corrected chi connectivity index (χ4v) is 4.50. The number of halogens is 1. The molecule has 0 atom stereocenters. The van der Waals surface area contributed by atoms with Gasteiger partial charge in [-0.1, -0.05) is 27.7 Å². The first-order chi connectivity index (χ1) is 16.8. The molecule has 2 aromatic carbocycles. The van der Waals surface area contributed by atoms with Crippen molar-refractivity contribution in [3.05, 3.63) is 52.2 Å². The number of anilines is 1. The van der Waals surface area contributed by atoms with Gasteiger partial charge in [0.05, 0.1) is 18.7 Å². The fourth-order valence-electron chi connectivity index (χ4n) is 4.50. The molecule has 1 aliphatic rings. The number of hydrogen-bond acceptors (Lipinski definition) is 6. The minimum Gasteiger partial charge on any atom is -0.493 e. The molecule has 0 aliphatic carbocycles. The van der Waals surface area contributed by atoms with Gasteiger partial charge in [-0.2, -0.15) is 0 Å². The molecule has 1 N–H and O–H groups in total. The van der Waals surface area contributed by atoms with Gasteiger partial charge in [-0.25, -0.2) is 4.39 Å². The van der Waals surface area contributed by atoms with E-state index in [1.807, 2.05) is 18.2 Å². The number of hydrogen-bond donors (Lipinski definition) is 1. The molecule has 188 valence electrons. The molecule has 0 saturated carbocycles. The molecule has 0 saturated heterocycles. The lowest BCUT2D eigenvalue weighted by Crippen LogP contribution is -2.27. The van der Waals surface area contributed by atoms with Crippen LogP contribution in [0.25, 0.3) is 10.9 Å². The molecule has 0 bridgehead atoms. The lowest BCUT2D eigenvalue weighted by atomic mass is 10.1. The van der Waals surface area contributed by atoms with Gasteiger partial charge in [0, 0.05) is 35.3 Å². The first kappa shape index (κ1) is 25.0. The maximum Gasteiger partial charge on any atom is 0.222 e. The Balaban J connectivity index is 1.74. The summed E-state index contributed by atoms with van der Waals surface area (Å²) in [5.74, 6) is 1.04. The molecule has 0 radical (unpaired) electrons. The predicted molar refractivity (Wildman–Crippen MR) is 136 cm³/mol. The Hall–Kier alpha value is -3.13. The summed E-state index contributed by atoms with van der Waals surface area (Å²) in [5.41, 5.74) is 2.81. The summed E-state index contributed by atoms with van der Waals surface area (Å²) in [5, 5.41) is 14.6. The minimum atomic E-state index is -0.411. The van der Waals surface area contributed by atoms with E-state index in [0.717, 1.165) is 31.6 Å². The number of ether oxygens (including phenoxy) is 2. The van der Waals surface area contributed by atoms with Crippen LogP contribution in [0.4, 0.5) is 15.8 Å². The van der Waals surface area contributed by atoms with E-state index < -0.39 is 5.82 Å². The number of fused-ring (bicyclic) bond motifs is 2. The average molecular weight is 484 g/mol. The SMILES string of the molecule is CC(C)CCN(CCC(C)C)c1ccc2c(c1)c(N=O)c(O)n2Cc1cc(F)cc2c1OCOC2. The van der Waals surface area contributed by atoms with Crippen molar-refractivity contribution in [2.75, 3.05) is 24.8 Å². The molecule has 0 fully saturated rings. The van der Waals surface area contributed by atoms with Crippen LogP contribution in [-0.4, -0.2) is 29.6 Å². The largest absolute Gasteiger partial charge is 0.493 e. The fraction of sp³-hybridized carbons (Fsp3) is 0.481. The zero-order valence-corrected chi connectivity index (χ0v) is 20.9. The van der Waals surface area contributed by atoms with E-state index in [-0.39, 0.29) is 31.5 Å². The van der Waals surface area contributed by atoms with E-state index in [1.165, 1.54) is 12.1 Å². The van der Waals surface area contributed by atoms with Crippen molar-refractivity contribution in [2.45, 2.75) is 53.7 Å². The molecule has 0 amide bonds. The zero-order chi connectivity index (χ0) is 25.1. The Morgan fingerprint density at radius 2 is 1.83 bits per heavy atom. The van der Waals surface area contributed by atoms with Gasteiger partial charge in [0.25, 0.3) is 0 Å². The highest BCUT2D eigenvalue weighted by Crippen LogP contribution is 2.42. The molecule has 7 nitrogen and oxygen atoms in total. The van der Waals surface area contributed by atoms with Crippen LogP contribution >= 0.6 is 0 Å². The zero-order valence-electron chi connectivity index (χ0n) is 20.9. The van der Waals surface area contributed by atoms with Gasteiger partial charge in [0.2, 0.25) is 5.88 Å². The summed E-state index contributed by atoms with van der Waals surface area (Å²) in [7, 11) is 0. The Kier molecular flexibility index (Phi) is 7.60. The van der Waals surface area contributed by atoms with Crippen LogP contribution in [0.3, 0.4) is 0 Å². The molecular weight excluding hydrogens is 449 g/mol. The van der Waals surface area contributed by atoms with Gasteiger partial charge < -0.3 is 24.0 Å². The molecule has 1 aromatic heterocycles. The monoisotopic (exact) mass is 483 g/mol. The van der Waals surface area contributed by atoms with Crippen molar-refractivity contribution in [2.24, 2.45) is 17.0 Å². The summed E-state index contributed by atoms with van der Waals surface area (Å²) in [6.45, 7) is 11.1. The summed E-state index contributed by atoms with van der Waals surface area (Å²) in [6.07, 6.45) is 2.10. The maximum absolute atomic E-state index is 14.3. The highest BCUT2D eigenvalue weighted by molar-refractivity contribution is 5.97. The molecule has 0 unspecified atom stereocenters.